The molecular formula is C21H25N3O2. The number of rotatable bonds is 5. The maximum Gasteiger partial charge on any atom is 0.240 e. The second-order valence-corrected chi connectivity index (χ2v) is 7.91. The fourth-order valence-corrected chi connectivity index (χ4v) is 2.84. The number of anilines is 1. The van der Waals surface area contributed by atoms with Gasteiger partial charge in [0.2, 0.25) is 11.8 Å². The van der Waals surface area contributed by atoms with Gasteiger partial charge < -0.3 is 10.6 Å². The minimum atomic E-state index is -0.940. The number of hydrogen-bond donors (Lipinski definition) is 2. The first kappa shape index (κ1) is 18.1. The Balaban J connectivity index is 1.61. The Kier molecular flexibility index (Phi) is 4.81. The molecule has 0 saturated heterocycles. The van der Waals surface area contributed by atoms with E-state index in [1.807, 2.05) is 36.4 Å². The van der Waals surface area contributed by atoms with Gasteiger partial charge in [0.15, 0.2) is 0 Å². The average Bonchev–Trinajstić information content (AvgIpc) is 3.42. The maximum absolute atomic E-state index is 12.6. The van der Waals surface area contributed by atoms with E-state index in [9.17, 15) is 9.59 Å². The third-order valence-corrected chi connectivity index (χ3v) is 4.80. The maximum atomic E-state index is 12.6. The number of carbonyl (C=O) groups is 2. The lowest BCUT2D eigenvalue weighted by Crippen LogP contribution is -2.39. The van der Waals surface area contributed by atoms with Crippen molar-refractivity contribution in [2.45, 2.75) is 45.6 Å². The Morgan fingerprint density at radius 2 is 1.77 bits per heavy atom. The lowest BCUT2D eigenvalue weighted by molar-refractivity contribution is -0.134. The van der Waals surface area contributed by atoms with Gasteiger partial charge in [-0.25, -0.2) is 0 Å². The van der Waals surface area contributed by atoms with Crippen molar-refractivity contribution in [3.05, 3.63) is 59.9 Å². The van der Waals surface area contributed by atoms with Crippen molar-refractivity contribution < 1.29 is 9.59 Å². The molecule has 136 valence electrons. The summed E-state index contributed by atoms with van der Waals surface area (Å²) >= 11 is 0. The molecule has 1 aromatic carbocycles. The Morgan fingerprint density at radius 3 is 2.31 bits per heavy atom. The molecule has 0 radical (unpaired) electrons. The topological polar surface area (TPSA) is 71.1 Å². The van der Waals surface area contributed by atoms with E-state index in [1.54, 1.807) is 12.4 Å². The van der Waals surface area contributed by atoms with Crippen LogP contribution < -0.4 is 10.6 Å². The van der Waals surface area contributed by atoms with Crippen LogP contribution in [-0.4, -0.2) is 16.8 Å². The van der Waals surface area contributed by atoms with Gasteiger partial charge in [-0.05, 0) is 47.6 Å². The lowest BCUT2D eigenvalue weighted by Gasteiger charge is -2.20. The molecule has 5 nitrogen and oxygen atoms in total. The summed E-state index contributed by atoms with van der Waals surface area (Å²) in [7, 11) is 0. The lowest BCUT2D eigenvalue weighted by atomic mass is 9.87. The fourth-order valence-electron chi connectivity index (χ4n) is 2.84. The van der Waals surface area contributed by atoms with Crippen molar-refractivity contribution in [3.63, 3.8) is 0 Å². The number of nitrogens with zero attached hydrogens (tertiary/aromatic N) is 1. The van der Waals surface area contributed by atoms with Crippen LogP contribution in [0, 0.1) is 5.41 Å². The van der Waals surface area contributed by atoms with Crippen molar-refractivity contribution in [3.8, 4) is 0 Å². The van der Waals surface area contributed by atoms with Gasteiger partial charge in [0.05, 0.1) is 0 Å². The van der Waals surface area contributed by atoms with Crippen LogP contribution in [0.5, 0.6) is 0 Å². The first-order valence-electron chi connectivity index (χ1n) is 8.90. The molecule has 1 aliphatic rings. The van der Waals surface area contributed by atoms with Gasteiger partial charge in [-0.3, -0.25) is 14.6 Å². The number of carbonyl (C=O) groups excluding carboxylic acids is 2. The molecule has 0 atom stereocenters. The zero-order valence-corrected chi connectivity index (χ0v) is 15.5. The molecule has 5 heteroatoms. The van der Waals surface area contributed by atoms with Gasteiger partial charge in [0.1, 0.15) is 5.41 Å². The third kappa shape index (κ3) is 3.93. The van der Waals surface area contributed by atoms with E-state index in [2.05, 4.69) is 36.4 Å². The predicted octanol–water partition coefficient (Wildman–Crippen LogP) is 3.41. The molecular weight excluding hydrogens is 326 g/mol. The van der Waals surface area contributed by atoms with Crippen LogP contribution >= 0.6 is 0 Å². The first-order chi connectivity index (χ1) is 12.3. The summed E-state index contributed by atoms with van der Waals surface area (Å²) in [5.41, 5.74) is 1.95. The highest BCUT2D eigenvalue weighted by molar-refractivity contribution is 6.13. The number of hydrogen-bond acceptors (Lipinski definition) is 3. The molecule has 2 amide bonds. The predicted molar refractivity (Wildman–Crippen MR) is 102 cm³/mol. The van der Waals surface area contributed by atoms with Gasteiger partial charge in [-0.1, -0.05) is 39.0 Å². The van der Waals surface area contributed by atoms with Gasteiger partial charge in [-0.15, -0.1) is 0 Å². The van der Waals surface area contributed by atoms with Crippen molar-refractivity contribution in [1.29, 1.82) is 0 Å². The van der Waals surface area contributed by atoms with Crippen LogP contribution in [0.4, 0.5) is 5.69 Å². The van der Waals surface area contributed by atoms with Crippen LogP contribution in [0.15, 0.2) is 48.8 Å². The molecule has 0 spiro atoms. The zero-order valence-electron chi connectivity index (χ0n) is 15.5. The van der Waals surface area contributed by atoms with E-state index >= 15 is 0 Å². The highest BCUT2D eigenvalue weighted by atomic mass is 16.2. The molecule has 1 heterocycles. The number of benzene rings is 1. The normalized spacial score (nSPS) is 15.2. The summed E-state index contributed by atoms with van der Waals surface area (Å²) in [5.74, 6) is -0.449. The molecule has 0 aliphatic heterocycles. The fraction of sp³-hybridized carbons (Fsp3) is 0.381. The summed E-state index contributed by atoms with van der Waals surface area (Å²) < 4.78 is 0. The van der Waals surface area contributed by atoms with E-state index in [-0.39, 0.29) is 17.2 Å². The summed E-state index contributed by atoms with van der Waals surface area (Å²) in [5, 5.41) is 5.75. The van der Waals surface area contributed by atoms with Crippen LogP contribution in [0.25, 0.3) is 0 Å². The van der Waals surface area contributed by atoms with Crippen LogP contribution in [0.3, 0.4) is 0 Å². The number of aromatic nitrogens is 1. The molecule has 0 unspecified atom stereocenters. The Morgan fingerprint density at radius 1 is 1.08 bits per heavy atom. The van der Waals surface area contributed by atoms with Gasteiger partial charge in [0.25, 0.3) is 0 Å². The SMILES string of the molecule is CC(C)(C)c1ccc(NC(=O)C2(C(=O)NCc3cccnc3)CC2)cc1. The third-order valence-electron chi connectivity index (χ3n) is 4.80. The van der Waals surface area contributed by atoms with E-state index in [0.29, 0.717) is 25.1 Å². The van der Waals surface area contributed by atoms with Crippen molar-refractivity contribution >= 4 is 17.5 Å². The van der Waals surface area contributed by atoms with Crippen LogP contribution in [0.1, 0.15) is 44.7 Å². The summed E-state index contributed by atoms with van der Waals surface area (Å²) in [6.07, 6.45) is 4.55. The standard InChI is InChI=1S/C21H25N3O2/c1-20(2,3)16-6-8-17(9-7-16)24-19(26)21(10-11-21)18(25)23-14-15-5-4-12-22-13-15/h4-9,12-13H,10-11,14H2,1-3H3,(H,23,25)(H,24,26). The molecule has 26 heavy (non-hydrogen) atoms. The second-order valence-electron chi connectivity index (χ2n) is 7.91. The minimum absolute atomic E-state index is 0.0619. The molecule has 1 aliphatic carbocycles. The van der Waals surface area contributed by atoms with Crippen LogP contribution in [-0.2, 0) is 21.5 Å². The van der Waals surface area contributed by atoms with Gasteiger partial charge in [0, 0.05) is 24.6 Å². The Hall–Kier alpha value is -2.69. The molecule has 2 aromatic rings. The van der Waals surface area contributed by atoms with Crippen molar-refractivity contribution in [2.75, 3.05) is 5.32 Å². The smallest absolute Gasteiger partial charge is 0.240 e. The molecule has 1 fully saturated rings. The number of pyridine rings is 1. The summed E-state index contributed by atoms with van der Waals surface area (Å²) in [6.45, 7) is 6.81. The van der Waals surface area contributed by atoms with E-state index in [1.165, 1.54) is 5.56 Å². The largest absolute Gasteiger partial charge is 0.351 e. The average molecular weight is 351 g/mol. The number of amides is 2. The minimum Gasteiger partial charge on any atom is -0.351 e. The van der Waals surface area contributed by atoms with Crippen molar-refractivity contribution in [1.82, 2.24) is 10.3 Å². The zero-order chi connectivity index (χ0) is 18.8. The highest BCUT2D eigenvalue weighted by Gasteiger charge is 2.56. The molecule has 0 bridgehead atoms. The first-order valence-corrected chi connectivity index (χ1v) is 8.90. The molecule has 1 saturated carbocycles. The quantitative estimate of drug-likeness (QED) is 0.811. The number of nitrogens with one attached hydrogen (secondary N) is 2. The second kappa shape index (κ2) is 6.90. The van der Waals surface area contributed by atoms with Crippen molar-refractivity contribution in [2.24, 2.45) is 5.41 Å². The van der Waals surface area contributed by atoms with Gasteiger partial charge in [-0.2, -0.15) is 0 Å². The van der Waals surface area contributed by atoms with Gasteiger partial charge >= 0.3 is 0 Å². The molecule has 1 aromatic heterocycles. The van der Waals surface area contributed by atoms with E-state index in [4.69, 9.17) is 0 Å². The molecule has 2 N–H and O–H groups in total. The van der Waals surface area contributed by atoms with E-state index in [0.717, 1.165) is 5.56 Å². The Labute approximate surface area is 154 Å². The Bertz CT molecular complexity index is 788. The summed E-state index contributed by atoms with van der Waals surface area (Å²) in [6, 6.07) is 11.5. The monoisotopic (exact) mass is 351 g/mol. The summed E-state index contributed by atoms with van der Waals surface area (Å²) in [4.78, 5) is 29.2. The van der Waals surface area contributed by atoms with Crippen LogP contribution in [0.2, 0.25) is 0 Å². The highest BCUT2D eigenvalue weighted by Crippen LogP contribution is 2.47. The van der Waals surface area contributed by atoms with E-state index < -0.39 is 5.41 Å². The molecule has 3 rings (SSSR count).